The standard InChI is InChI=1S/C13H24N2O2/c14-12(11-5-9-17-10-6-11)13(16)15-7-3-1-2-4-8-15/h11-12H,1-10,14H2. The van der Waals surface area contributed by atoms with Crippen LogP contribution < -0.4 is 5.73 Å². The van der Waals surface area contributed by atoms with Crippen LogP contribution in [0.1, 0.15) is 38.5 Å². The van der Waals surface area contributed by atoms with Crippen LogP contribution in [-0.2, 0) is 9.53 Å². The molecule has 0 bridgehead atoms. The second-order valence-corrected chi connectivity index (χ2v) is 5.22. The Morgan fingerprint density at radius 1 is 1.12 bits per heavy atom. The molecule has 0 aliphatic carbocycles. The minimum absolute atomic E-state index is 0.166. The molecule has 0 saturated carbocycles. The van der Waals surface area contributed by atoms with Gasteiger partial charge in [0.25, 0.3) is 0 Å². The van der Waals surface area contributed by atoms with E-state index < -0.39 is 0 Å². The largest absolute Gasteiger partial charge is 0.381 e. The summed E-state index contributed by atoms with van der Waals surface area (Å²) in [5, 5.41) is 0. The zero-order valence-corrected chi connectivity index (χ0v) is 10.6. The summed E-state index contributed by atoms with van der Waals surface area (Å²) in [5.41, 5.74) is 6.13. The molecule has 1 unspecified atom stereocenters. The lowest BCUT2D eigenvalue weighted by Crippen LogP contribution is -2.49. The molecule has 2 aliphatic heterocycles. The summed E-state index contributed by atoms with van der Waals surface area (Å²) in [6, 6.07) is -0.308. The molecule has 2 heterocycles. The maximum absolute atomic E-state index is 12.3. The maximum atomic E-state index is 12.3. The predicted molar refractivity (Wildman–Crippen MR) is 66.6 cm³/mol. The van der Waals surface area contributed by atoms with Gasteiger partial charge in [0.2, 0.25) is 5.91 Å². The monoisotopic (exact) mass is 240 g/mol. The molecule has 0 aromatic carbocycles. The van der Waals surface area contributed by atoms with E-state index in [1.165, 1.54) is 12.8 Å². The van der Waals surface area contributed by atoms with Crippen molar-refractivity contribution in [2.45, 2.75) is 44.6 Å². The predicted octanol–water partition coefficient (Wildman–Crippen LogP) is 1.14. The number of carbonyl (C=O) groups is 1. The maximum Gasteiger partial charge on any atom is 0.239 e. The minimum Gasteiger partial charge on any atom is -0.381 e. The van der Waals surface area contributed by atoms with Crippen molar-refractivity contribution in [3.8, 4) is 0 Å². The first-order valence-corrected chi connectivity index (χ1v) is 6.91. The van der Waals surface area contributed by atoms with E-state index in [4.69, 9.17) is 10.5 Å². The van der Waals surface area contributed by atoms with Crippen molar-refractivity contribution < 1.29 is 9.53 Å². The van der Waals surface area contributed by atoms with Gasteiger partial charge in [-0.3, -0.25) is 4.79 Å². The second kappa shape index (κ2) is 6.36. The molecular weight excluding hydrogens is 216 g/mol. The fourth-order valence-electron chi connectivity index (χ4n) is 2.78. The molecule has 17 heavy (non-hydrogen) atoms. The summed E-state index contributed by atoms with van der Waals surface area (Å²) in [4.78, 5) is 14.3. The quantitative estimate of drug-likeness (QED) is 0.787. The molecule has 1 amide bonds. The third-order valence-electron chi connectivity index (χ3n) is 3.98. The highest BCUT2D eigenvalue weighted by Crippen LogP contribution is 2.20. The molecule has 2 fully saturated rings. The van der Waals surface area contributed by atoms with E-state index in [2.05, 4.69) is 0 Å². The van der Waals surface area contributed by atoms with Gasteiger partial charge in [-0.05, 0) is 31.6 Å². The molecule has 4 nitrogen and oxygen atoms in total. The highest BCUT2D eigenvalue weighted by atomic mass is 16.5. The van der Waals surface area contributed by atoms with Crippen molar-refractivity contribution in [1.82, 2.24) is 4.90 Å². The van der Waals surface area contributed by atoms with Crippen LogP contribution in [0.15, 0.2) is 0 Å². The van der Waals surface area contributed by atoms with Gasteiger partial charge in [-0.2, -0.15) is 0 Å². The molecule has 98 valence electrons. The van der Waals surface area contributed by atoms with Crippen molar-refractivity contribution in [1.29, 1.82) is 0 Å². The minimum atomic E-state index is -0.308. The van der Waals surface area contributed by atoms with E-state index in [9.17, 15) is 4.79 Å². The number of nitrogens with zero attached hydrogens (tertiary/aromatic N) is 1. The zero-order chi connectivity index (χ0) is 12.1. The van der Waals surface area contributed by atoms with Gasteiger partial charge in [0.05, 0.1) is 6.04 Å². The third-order valence-corrected chi connectivity index (χ3v) is 3.98. The summed E-state index contributed by atoms with van der Waals surface area (Å²) < 4.78 is 5.31. The number of likely N-dealkylation sites (tertiary alicyclic amines) is 1. The fraction of sp³-hybridized carbons (Fsp3) is 0.923. The van der Waals surface area contributed by atoms with E-state index in [1.807, 2.05) is 4.90 Å². The van der Waals surface area contributed by atoms with Gasteiger partial charge in [-0.15, -0.1) is 0 Å². The Balaban J connectivity index is 1.88. The molecule has 4 heteroatoms. The number of hydrogen-bond donors (Lipinski definition) is 1. The first-order valence-electron chi connectivity index (χ1n) is 6.91. The van der Waals surface area contributed by atoms with Crippen LogP contribution in [0.4, 0.5) is 0 Å². The Morgan fingerprint density at radius 3 is 2.29 bits per heavy atom. The lowest BCUT2D eigenvalue weighted by molar-refractivity contribution is -0.134. The first kappa shape index (κ1) is 12.8. The van der Waals surface area contributed by atoms with Crippen LogP contribution in [0.5, 0.6) is 0 Å². The molecule has 0 aromatic rings. The molecular formula is C13H24N2O2. The summed E-state index contributed by atoms with van der Waals surface area (Å²) in [5.74, 6) is 0.485. The zero-order valence-electron chi connectivity index (χ0n) is 10.6. The smallest absolute Gasteiger partial charge is 0.239 e. The highest BCUT2D eigenvalue weighted by Gasteiger charge is 2.29. The average Bonchev–Trinajstić information content (AvgIpc) is 2.67. The average molecular weight is 240 g/mol. The Labute approximate surface area is 103 Å². The van der Waals surface area contributed by atoms with Crippen molar-refractivity contribution in [3.63, 3.8) is 0 Å². The summed E-state index contributed by atoms with van der Waals surface area (Å²) >= 11 is 0. The number of ether oxygens (including phenoxy) is 1. The summed E-state index contributed by atoms with van der Waals surface area (Å²) in [7, 11) is 0. The van der Waals surface area contributed by atoms with Gasteiger partial charge in [-0.25, -0.2) is 0 Å². The number of nitrogens with two attached hydrogens (primary N) is 1. The Bertz CT molecular complexity index is 244. The number of amides is 1. The number of hydrogen-bond acceptors (Lipinski definition) is 3. The van der Waals surface area contributed by atoms with Crippen LogP contribution in [0.25, 0.3) is 0 Å². The summed E-state index contributed by atoms with van der Waals surface area (Å²) in [6.45, 7) is 3.31. The van der Waals surface area contributed by atoms with Gasteiger partial charge in [0.1, 0.15) is 0 Å². The molecule has 2 N–H and O–H groups in total. The number of carbonyl (C=O) groups excluding carboxylic acids is 1. The molecule has 2 rings (SSSR count). The SMILES string of the molecule is NC(C(=O)N1CCCCCC1)C1CCOCC1. The topological polar surface area (TPSA) is 55.6 Å². The Kier molecular flexibility index (Phi) is 4.80. The number of rotatable bonds is 2. The molecule has 2 saturated heterocycles. The van der Waals surface area contributed by atoms with Gasteiger partial charge in [0, 0.05) is 26.3 Å². The first-order chi connectivity index (χ1) is 8.29. The Morgan fingerprint density at radius 2 is 1.71 bits per heavy atom. The third kappa shape index (κ3) is 3.42. The van der Waals surface area contributed by atoms with Crippen LogP contribution in [0.3, 0.4) is 0 Å². The summed E-state index contributed by atoms with van der Waals surface area (Å²) in [6.07, 6.45) is 6.62. The van der Waals surface area contributed by atoms with E-state index in [0.717, 1.165) is 52.0 Å². The van der Waals surface area contributed by atoms with Crippen LogP contribution >= 0.6 is 0 Å². The fourth-order valence-corrected chi connectivity index (χ4v) is 2.78. The van der Waals surface area contributed by atoms with Crippen molar-refractivity contribution >= 4 is 5.91 Å². The van der Waals surface area contributed by atoms with Gasteiger partial charge >= 0.3 is 0 Å². The van der Waals surface area contributed by atoms with Gasteiger partial charge in [-0.1, -0.05) is 12.8 Å². The highest BCUT2D eigenvalue weighted by molar-refractivity contribution is 5.82. The van der Waals surface area contributed by atoms with E-state index >= 15 is 0 Å². The van der Waals surface area contributed by atoms with Crippen LogP contribution in [-0.4, -0.2) is 43.2 Å². The van der Waals surface area contributed by atoms with E-state index in [0.29, 0.717) is 5.92 Å². The van der Waals surface area contributed by atoms with Gasteiger partial charge < -0.3 is 15.4 Å². The molecule has 2 aliphatic rings. The second-order valence-electron chi connectivity index (χ2n) is 5.22. The molecule has 0 aromatic heterocycles. The van der Waals surface area contributed by atoms with Crippen LogP contribution in [0.2, 0.25) is 0 Å². The van der Waals surface area contributed by atoms with Crippen LogP contribution in [0, 0.1) is 5.92 Å². The lowest BCUT2D eigenvalue weighted by Gasteiger charge is -2.31. The normalized spacial score (nSPS) is 25.4. The van der Waals surface area contributed by atoms with Gasteiger partial charge in [0.15, 0.2) is 0 Å². The van der Waals surface area contributed by atoms with Crippen molar-refractivity contribution in [2.24, 2.45) is 11.7 Å². The lowest BCUT2D eigenvalue weighted by atomic mass is 9.91. The molecule has 1 atom stereocenters. The Hall–Kier alpha value is -0.610. The van der Waals surface area contributed by atoms with Crippen molar-refractivity contribution in [3.05, 3.63) is 0 Å². The van der Waals surface area contributed by atoms with Crippen molar-refractivity contribution in [2.75, 3.05) is 26.3 Å². The van der Waals surface area contributed by atoms with E-state index in [1.54, 1.807) is 0 Å². The van der Waals surface area contributed by atoms with E-state index in [-0.39, 0.29) is 11.9 Å². The molecule has 0 spiro atoms. The molecule has 0 radical (unpaired) electrons.